The molecule has 0 aromatic heterocycles. The van der Waals surface area contributed by atoms with Crippen molar-refractivity contribution in [3.05, 3.63) is 46.5 Å². The maximum Gasteiger partial charge on any atom is 0.260 e. The van der Waals surface area contributed by atoms with Gasteiger partial charge in [-0.1, -0.05) is 29.8 Å². The number of amidine groups is 1. The number of ether oxygens (including phenoxy) is 1. The van der Waals surface area contributed by atoms with E-state index in [4.69, 9.17) is 16.3 Å². The largest absolute Gasteiger partial charge is 0.375 e. The lowest BCUT2D eigenvalue weighted by molar-refractivity contribution is -0.120. The zero-order chi connectivity index (χ0) is 16.9. The fraction of sp³-hybridized carbons (Fsp3) is 0.412. The first-order valence-electron chi connectivity index (χ1n) is 7.95. The molecule has 2 N–H and O–H groups in total. The van der Waals surface area contributed by atoms with E-state index in [-0.39, 0.29) is 18.6 Å². The van der Waals surface area contributed by atoms with Gasteiger partial charge in [-0.25, -0.2) is 0 Å². The Kier molecular flexibility index (Phi) is 5.50. The molecule has 1 aromatic rings. The highest BCUT2D eigenvalue weighted by Crippen LogP contribution is 2.22. The third-order valence-corrected chi connectivity index (χ3v) is 4.50. The van der Waals surface area contributed by atoms with E-state index in [9.17, 15) is 4.79 Å². The lowest BCUT2D eigenvalue weighted by Crippen LogP contribution is -2.48. The maximum atomic E-state index is 11.1. The molecule has 0 aliphatic carbocycles. The van der Waals surface area contributed by atoms with Crippen LogP contribution in [0.5, 0.6) is 0 Å². The van der Waals surface area contributed by atoms with Gasteiger partial charge >= 0.3 is 0 Å². The molecule has 24 heavy (non-hydrogen) atoms. The monoisotopic (exact) mass is 348 g/mol. The summed E-state index contributed by atoms with van der Waals surface area (Å²) in [5.74, 6) is 0.665. The molecule has 0 spiro atoms. The van der Waals surface area contributed by atoms with Crippen LogP contribution in [0, 0.1) is 0 Å². The molecule has 2 heterocycles. The maximum absolute atomic E-state index is 11.1. The second kappa shape index (κ2) is 7.79. The first-order chi connectivity index (χ1) is 11.7. The number of methoxy groups -OCH3 is 1. The van der Waals surface area contributed by atoms with Gasteiger partial charge in [0.05, 0.1) is 6.10 Å². The average molecular weight is 349 g/mol. The van der Waals surface area contributed by atoms with Gasteiger partial charge in [-0.05, 0) is 29.7 Å². The van der Waals surface area contributed by atoms with Crippen LogP contribution in [0.25, 0.3) is 0 Å². The van der Waals surface area contributed by atoms with Gasteiger partial charge in [0.1, 0.15) is 12.4 Å². The Morgan fingerprint density at radius 3 is 2.71 bits per heavy atom. The zero-order valence-corrected chi connectivity index (χ0v) is 14.3. The molecule has 1 atom stereocenters. The van der Waals surface area contributed by atoms with Gasteiger partial charge in [0, 0.05) is 31.8 Å². The molecule has 0 saturated heterocycles. The van der Waals surface area contributed by atoms with Crippen molar-refractivity contribution in [3.8, 4) is 0 Å². The third-order valence-electron chi connectivity index (χ3n) is 4.25. The minimum absolute atomic E-state index is 0.0154. The van der Waals surface area contributed by atoms with Crippen molar-refractivity contribution in [3.63, 3.8) is 0 Å². The van der Waals surface area contributed by atoms with E-state index in [2.05, 4.69) is 26.8 Å². The number of hydrogen-bond donors (Lipinski definition) is 2. The van der Waals surface area contributed by atoms with E-state index in [0.717, 1.165) is 48.0 Å². The number of hydrazine groups is 1. The van der Waals surface area contributed by atoms with E-state index < -0.39 is 0 Å². The first-order valence-corrected chi connectivity index (χ1v) is 8.33. The number of nitrogens with zero attached hydrogens (tertiary/aromatic N) is 2. The van der Waals surface area contributed by atoms with Gasteiger partial charge in [0.25, 0.3) is 5.91 Å². The summed E-state index contributed by atoms with van der Waals surface area (Å²) in [6, 6.07) is 7.78. The number of amides is 1. The number of carbonyl (C=O) groups excluding carboxylic acids is 1. The molecule has 0 radical (unpaired) electrons. The van der Waals surface area contributed by atoms with E-state index in [1.807, 2.05) is 24.3 Å². The Morgan fingerprint density at radius 2 is 2.12 bits per heavy atom. The van der Waals surface area contributed by atoms with Gasteiger partial charge in [0.2, 0.25) is 0 Å². The lowest BCUT2D eigenvalue weighted by Gasteiger charge is -2.30. The van der Waals surface area contributed by atoms with Crippen molar-refractivity contribution in [2.75, 3.05) is 33.3 Å². The van der Waals surface area contributed by atoms with Crippen molar-refractivity contribution in [1.82, 2.24) is 15.8 Å². The second-order valence-electron chi connectivity index (χ2n) is 5.85. The highest BCUT2D eigenvalue weighted by molar-refractivity contribution is 6.30. The Labute approximate surface area is 146 Å². The van der Waals surface area contributed by atoms with Crippen LogP contribution in [0.1, 0.15) is 18.1 Å². The minimum Gasteiger partial charge on any atom is -0.375 e. The molecule has 0 saturated carbocycles. The summed E-state index contributed by atoms with van der Waals surface area (Å²) < 4.78 is 5.64. The van der Waals surface area contributed by atoms with Gasteiger partial charge < -0.3 is 4.74 Å². The molecule has 2 aliphatic heterocycles. The predicted molar refractivity (Wildman–Crippen MR) is 93.9 cm³/mol. The summed E-state index contributed by atoms with van der Waals surface area (Å²) in [4.78, 5) is 17.7. The van der Waals surface area contributed by atoms with Gasteiger partial charge in [-0.15, -0.1) is 0 Å². The molecular formula is C17H21ClN4O2. The van der Waals surface area contributed by atoms with Crippen LogP contribution in [-0.4, -0.2) is 49.9 Å². The number of aliphatic imine (C=N–C) groups is 1. The fourth-order valence-corrected chi connectivity index (χ4v) is 2.99. The summed E-state index contributed by atoms with van der Waals surface area (Å²) in [6.45, 7) is 2.76. The highest BCUT2D eigenvalue weighted by atomic mass is 35.5. The molecule has 1 amide bonds. The van der Waals surface area contributed by atoms with Crippen LogP contribution < -0.4 is 10.9 Å². The molecule has 6 nitrogen and oxygen atoms in total. The number of hydrogen-bond acceptors (Lipinski definition) is 5. The van der Waals surface area contributed by atoms with E-state index >= 15 is 0 Å². The molecule has 1 aromatic carbocycles. The van der Waals surface area contributed by atoms with Gasteiger partial charge in [-0.2, -0.15) is 0 Å². The van der Waals surface area contributed by atoms with E-state index in [1.165, 1.54) is 0 Å². The Bertz CT molecular complexity index is 657. The second-order valence-corrected chi connectivity index (χ2v) is 6.29. The van der Waals surface area contributed by atoms with E-state index in [1.54, 1.807) is 7.11 Å². The summed E-state index contributed by atoms with van der Waals surface area (Å²) in [7, 11) is 1.73. The van der Waals surface area contributed by atoms with Crippen LogP contribution in [0.15, 0.2) is 40.9 Å². The minimum atomic E-state index is -0.109. The van der Waals surface area contributed by atoms with Crippen molar-refractivity contribution >= 4 is 23.3 Å². The van der Waals surface area contributed by atoms with Crippen molar-refractivity contribution in [1.29, 1.82) is 0 Å². The first kappa shape index (κ1) is 17.0. The number of carbonyl (C=O) groups is 1. The van der Waals surface area contributed by atoms with Crippen LogP contribution in [0.3, 0.4) is 0 Å². The molecular weight excluding hydrogens is 328 g/mol. The molecule has 0 bridgehead atoms. The molecule has 3 rings (SSSR count). The topological polar surface area (TPSA) is 66.0 Å². The standard InChI is InChI=1S/C17H21ClN4O2/c1-24-15(12-2-4-14(18)5-3-12)11-22-8-6-13(7-9-22)17-19-10-16(23)20-21-17/h2-6,15H,7-11H2,1H3,(H,19,21)(H,20,23). The Balaban J connectivity index is 1.59. The summed E-state index contributed by atoms with van der Waals surface area (Å²) in [6.07, 6.45) is 3.06. The van der Waals surface area contributed by atoms with Crippen LogP contribution in [0.2, 0.25) is 5.02 Å². The SMILES string of the molecule is COC(CN1CC=C(C2=NCC(=O)NN2)CC1)c1ccc(Cl)cc1. The van der Waals surface area contributed by atoms with Crippen LogP contribution >= 0.6 is 11.6 Å². The lowest BCUT2D eigenvalue weighted by atomic mass is 10.0. The zero-order valence-electron chi connectivity index (χ0n) is 13.6. The van der Waals surface area contributed by atoms with Crippen molar-refractivity contribution in [2.24, 2.45) is 4.99 Å². The van der Waals surface area contributed by atoms with Crippen molar-refractivity contribution in [2.45, 2.75) is 12.5 Å². The molecule has 128 valence electrons. The normalized spacial score (nSPS) is 19.8. The number of benzene rings is 1. The quantitative estimate of drug-likeness (QED) is 0.850. The predicted octanol–water partition coefficient (Wildman–Crippen LogP) is 1.69. The fourth-order valence-electron chi connectivity index (χ4n) is 2.86. The Morgan fingerprint density at radius 1 is 1.33 bits per heavy atom. The number of rotatable bonds is 5. The Hall–Kier alpha value is -1.89. The van der Waals surface area contributed by atoms with Crippen LogP contribution in [-0.2, 0) is 9.53 Å². The molecule has 0 fully saturated rings. The smallest absolute Gasteiger partial charge is 0.260 e. The molecule has 1 unspecified atom stereocenters. The summed E-state index contributed by atoms with van der Waals surface area (Å²) >= 11 is 5.95. The van der Waals surface area contributed by atoms with Gasteiger partial charge in [-0.3, -0.25) is 25.5 Å². The van der Waals surface area contributed by atoms with Gasteiger partial charge in [0.15, 0.2) is 0 Å². The number of halogens is 1. The summed E-state index contributed by atoms with van der Waals surface area (Å²) in [5, 5.41) is 0.729. The summed E-state index contributed by atoms with van der Waals surface area (Å²) in [5.41, 5.74) is 7.73. The van der Waals surface area contributed by atoms with Crippen molar-refractivity contribution < 1.29 is 9.53 Å². The van der Waals surface area contributed by atoms with Crippen LogP contribution in [0.4, 0.5) is 0 Å². The molecule has 7 heteroatoms. The van der Waals surface area contributed by atoms with E-state index in [0.29, 0.717) is 0 Å². The number of nitrogens with one attached hydrogen (secondary N) is 2. The average Bonchev–Trinajstić information content (AvgIpc) is 2.62. The molecule has 2 aliphatic rings. The third kappa shape index (κ3) is 4.14. The highest BCUT2D eigenvalue weighted by Gasteiger charge is 2.21.